The van der Waals surface area contributed by atoms with Crippen LogP contribution in [0.1, 0.15) is 29.1 Å². The Balaban J connectivity index is 1.45. The Hall–Kier alpha value is -3.28. The monoisotopic (exact) mass is 392 g/mol. The molecule has 3 aromatic rings. The maximum atomic E-state index is 13.2. The second-order valence-electron chi connectivity index (χ2n) is 7.51. The lowest BCUT2D eigenvalue weighted by molar-refractivity contribution is -0.137. The molecular formula is C23H24N2O4. The van der Waals surface area contributed by atoms with Crippen LogP contribution in [0.4, 0.5) is 0 Å². The van der Waals surface area contributed by atoms with Gasteiger partial charge in [0, 0.05) is 19.5 Å². The standard InChI is InChI=1S/C23H24N2O4/c1-17-6-8-18(9-7-17)13-24-14-19(12-22(24)26)23(27)25(15-20-4-2-10-28-20)16-21-5-3-11-29-21/h2-11,19H,12-16H2,1H3. The number of carbonyl (C=O) groups excluding carboxylic acids is 2. The molecule has 2 amide bonds. The van der Waals surface area contributed by atoms with Gasteiger partial charge in [-0.1, -0.05) is 29.8 Å². The van der Waals surface area contributed by atoms with Gasteiger partial charge in [-0.3, -0.25) is 9.59 Å². The van der Waals surface area contributed by atoms with Crippen LogP contribution < -0.4 is 0 Å². The molecule has 0 bridgehead atoms. The van der Waals surface area contributed by atoms with Gasteiger partial charge in [0.15, 0.2) is 0 Å². The number of rotatable bonds is 7. The van der Waals surface area contributed by atoms with E-state index in [2.05, 4.69) is 0 Å². The maximum absolute atomic E-state index is 13.2. The molecule has 0 saturated carbocycles. The summed E-state index contributed by atoms with van der Waals surface area (Å²) in [7, 11) is 0. The number of hydrogen-bond donors (Lipinski definition) is 0. The molecule has 29 heavy (non-hydrogen) atoms. The summed E-state index contributed by atoms with van der Waals surface area (Å²) in [6.07, 6.45) is 3.41. The molecule has 1 atom stereocenters. The average Bonchev–Trinajstić information content (AvgIpc) is 3.46. The largest absolute Gasteiger partial charge is 0.467 e. The first-order valence-electron chi connectivity index (χ1n) is 9.75. The fraction of sp³-hybridized carbons (Fsp3) is 0.304. The minimum Gasteiger partial charge on any atom is -0.467 e. The van der Waals surface area contributed by atoms with Gasteiger partial charge < -0.3 is 18.6 Å². The normalized spacial score (nSPS) is 16.4. The summed E-state index contributed by atoms with van der Waals surface area (Å²) >= 11 is 0. The zero-order valence-corrected chi connectivity index (χ0v) is 16.4. The predicted octanol–water partition coefficient (Wildman–Crippen LogP) is 3.76. The lowest BCUT2D eigenvalue weighted by Gasteiger charge is -2.24. The van der Waals surface area contributed by atoms with Crippen molar-refractivity contribution >= 4 is 11.8 Å². The van der Waals surface area contributed by atoms with Crippen molar-refractivity contribution in [3.8, 4) is 0 Å². The molecule has 2 aromatic heterocycles. The van der Waals surface area contributed by atoms with Gasteiger partial charge in [-0.15, -0.1) is 0 Å². The third-order valence-electron chi connectivity index (χ3n) is 5.22. The van der Waals surface area contributed by atoms with Crippen molar-refractivity contribution in [1.82, 2.24) is 9.80 Å². The summed E-state index contributed by atoms with van der Waals surface area (Å²) in [4.78, 5) is 29.3. The molecule has 1 saturated heterocycles. The van der Waals surface area contributed by atoms with E-state index in [4.69, 9.17) is 8.83 Å². The summed E-state index contributed by atoms with van der Waals surface area (Å²) in [6, 6.07) is 15.4. The minimum absolute atomic E-state index is 0.0138. The van der Waals surface area contributed by atoms with E-state index in [1.807, 2.05) is 43.3 Å². The summed E-state index contributed by atoms with van der Waals surface area (Å²) in [5, 5.41) is 0. The summed E-state index contributed by atoms with van der Waals surface area (Å²) < 4.78 is 10.9. The van der Waals surface area contributed by atoms with Crippen LogP contribution in [0.2, 0.25) is 0 Å². The van der Waals surface area contributed by atoms with Crippen molar-refractivity contribution in [3.63, 3.8) is 0 Å². The van der Waals surface area contributed by atoms with Crippen LogP contribution in [-0.2, 0) is 29.2 Å². The molecule has 4 rings (SSSR count). The van der Waals surface area contributed by atoms with E-state index in [0.717, 1.165) is 5.56 Å². The average molecular weight is 392 g/mol. The first-order chi connectivity index (χ1) is 14.1. The number of amides is 2. The van der Waals surface area contributed by atoms with Crippen LogP contribution >= 0.6 is 0 Å². The molecule has 6 heteroatoms. The molecule has 0 radical (unpaired) electrons. The van der Waals surface area contributed by atoms with Crippen LogP contribution in [0, 0.1) is 12.8 Å². The Kier molecular flexibility index (Phi) is 5.51. The van der Waals surface area contributed by atoms with E-state index >= 15 is 0 Å². The highest BCUT2D eigenvalue weighted by Crippen LogP contribution is 2.24. The summed E-state index contributed by atoms with van der Waals surface area (Å²) in [6.45, 7) is 3.67. The highest BCUT2D eigenvalue weighted by atomic mass is 16.3. The van der Waals surface area contributed by atoms with Gasteiger partial charge in [-0.2, -0.15) is 0 Å². The minimum atomic E-state index is -0.363. The highest BCUT2D eigenvalue weighted by molar-refractivity contribution is 5.89. The maximum Gasteiger partial charge on any atom is 0.228 e. The zero-order chi connectivity index (χ0) is 20.2. The topological polar surface area (TPSA) is 66.9 Å². The third kappa shape index (κ3) is 4.59. The van der Waals surface area contributed by atoms with Crippen molar-refractivity contribution < 1.29 is 18.4 Å². The van der Waals surface area contributed by atoms with E-state index in [9.17, 15) is 9.59 Å². The van der Waals surface area contributed by atoms with Gasteiger partial charge >= 0.3 is 0 Å². The van der Waals surface area contributed by atoms with Crippen molar-refractivity contribution in [2.75, 3.05) is 6.54 Å². The van der Waals surface area contributed by atoms with Gasteiger partial charge in [0.1, 0.15) is 11.5 Å². The van der Waals surface area contributed by atoms with Crippen molar-refractivity contribution in [3.05, 3.63) is 83.7 Å². The molecule has 1 aromatic carbocycles. The molecule has 1 unspecified atom stereocenters. The molecule has 0 spiro atoms. The van der Waals surface area contributed by atoms with Crippen LogP contribution in [-0.4, -0.2) is 28.2 Å². The fourth-order valence-corrected chi connectivity index (χ4v) is 3.66. The zero-order valence-electron chi connectivity index (χ0n) is 16.4. The summed E-state index contributed by atoms with van der Waals surface area (Å²) in [5.74, 6) is 0.992. The molecule has 1 aliphatic heterocycles. The Morgan fingerprint density at radius 1 is 1.03 bits per heavy atom. The first-order valence-corrected chi connectivity index (χ1v) is 9.75. The van der Waals surface area contributed by atoms with E-state index in [1.165, 1.54) is 5.56 Å². The van der Waals surface area contributed by atoms with Gasteiger partial charge in [0.2, 0.25) is 11.8 Å². The molecular weight excluding hydrogens is 368 g/mol. The molecule has 1 aliphatic rings. The fourth-order valence-electron chi connectivity index (χ4n) is 3.66. The lowest BCUT2D eigenvalue weighted by atomic mass is 10.1. The molecule has 150 valence electrons. The van der Waals surface area contributed by atoms with Crippen molar-refractivity contribution in [2.45, 2.75) is 33.0 Å². The second kappa shape index (κ2) is 8.39. The van der Waals surface area contributed by atoms with Gasteiger partial charge in [0.25, 0.3) is 0 Å². The number of carbonyl (C=O) groups is 2. The summed E-state index contributed by atoms with van der Waals surface area (Å²) in [5.41, 5.74) is 2.25. The molecule has 1 fully saturated rings. The van der Waals surface area contributed by atoms with Crippen LogP contribution in [0.3, 0.4) is 0 Å². The number of nitrogens with zero attached hydrogens (tertiary/aromatic N) is 2. The van der Waals surface area contributed by atoms with E-state index in [1.54, 1.807) is 34.5 Å². The predicted molar refractivity (Wildman–Crippen MR) is 106 cm³/mol. The molecule has 0 aliphatic carbocycles. The van der Waals surface area contributed by atoms with Crippen LogP contribution in [0.5, 0.6) is 0 Å². The second-order valence-corrected chi connectivity index (χ2v) is 7.51. The molecule has 3 heterocycles. The Labute approximate surface area is 169 Å². The highest BCUT2D eigenvalue weighted by Gasteiger charge is 2.36. The first kappa shape index (κ1) is 19.1. The Morgan fingerprint density at radius 3 is 2.21 bits per heavy atom. The van der Waals surface area contributed by atoms with E-state index < -0.39 is 0 Å². The van der Waals surface area contributed by atoms with Crippen LogP contribution in [0.25, 0.3) is 0 Å². The van der Waals surface area contributed by atoms with Gasteiger partial charge in [-0.05, 0) is 36.8 Å². The molecule has 6 nitrogen and oxygen atoms in total. The number of benzene rings is 1. The number of aryl methyl sites for hydroxylation is 1. The smallest absolute Gasteiger partial charge is 0.228 e. The van der Waals surface area contributed by atoms with E-state index in [0.29, 0.717) is 37.7 Å². The quantitative estimate of drug-likeness (QED) is 0.614. The van der Waals surface area contributed by atoms with Crippen LogP contribution in [0.15, 0.2) is 69.9 Å². The number of furan rings is 2. The Bertz CT molecular complexity index is 909. The molecule has 0 N–H and O–H groups in total. The van der Waals surface area contributed by atoms with Gasteiger partial charge in [0.05, 0.1) is 31.5 Å². The van der Waals surface area contributed by atoms with E-state index in [-0.39, 0.29) is 24.2 Å². The van der Waals surface area contributed by atoms with Gasteiger partial charge in [-0.25, -0.2) is 0 Å². The Morgan fingerprint density at radius 2 is 1.66 bits per heavy atom. The SMILES string of the molecule is Cc1ccc(CN2CC(C(=O)N(Cc3ccco3)Cc3ccco3)CC2=O)cc1. The number of hydrogen-bond acceptors (Lipinski definition) is 4. The lowest BCUT2D eigenvalue weighted by Crippen LogP contribution is -2.36. The van der Waals surface area contributed by atoms with Crippen molar-refractivity contribution in [1.29, 1.82) is 0 Å². The number of likely N-dealkylation sites (tertiary alicyclic amines) is 1. The van der Waals surface area contributed by atoms with Crippen molar-refractivity contribution in [2.24, 2.45) is 5.92 Å². The third-order valence-corrected chi connectivity index (χ3v) is 5.22.